The number of carbonyl (C=O) groups is 7. The number of hydrogen-bond acceptors (Lipinski definition) is 15. The van der Waals surface area contributed by atoms with E-state index in [1.807, 2.05) is 0 Å². The molecule has 7 amide bonds. The van der Waals surface area contributed by atoms with Crippen molar-refractivity contribution in [2.75, 3.05) is 38.2 Å². The second-order valence-electron chi connectivity index (χ2n) is 14.8. The Hall–Kier alpha value is -6.75. The smallest absolute Gasteiger partial charge is 0.272 e. The van der Waals surface area contributed by atoms with Crippen LogP contribution in [0.3, 0.4) is 0 Å². The van der Waals surface area contributed by atoms with Crippen molar-refractivity contribution in [1.29, 1.82) is 0 Å². The fourth-order valence-electron chi connectivity index (χ4n) is 7.29. The summed E-state index contributed by atoms with van der Waals surface area (Å²) in [6.07, 6.45) is 1.99. The molecule has 0 radical (unpaired) electrons. The second-order valence-corrected chi connectivity index (χ2v) is 14.8. The maximum Gasteiger partial charge on any atom is 0.272 e. The Balaban J connectivity index is 1.04. The van der Waals surface area contributed by atoms with Crippen LogP contribution in [0.5, 0.6) is 0 Å². The van der Waals surface area contributed by atoms with Gasteiger partial charge in [-0.1, -0.05) is 24.3 Å². The quantitative estimate of drug-likeness (QED) is 0.0546. The van der Waals surface area contributed by atoms with Gasteiger partial charge in [-0.2, -0.15) is 0 Å². The molecule has 6 rings (SSSR count). The minimum Gasteiger partial charge on any atom is -0.394 e. The molecule has 4 aromatic rings. The first-order valence-corrected chi connectivity index (χ1v) is 19.9. The average molecular weight is 858 g/mol. The van der Waals surface area contributed by atoms with E-state index in [0.717, 1.165) is 9.80 Å². The zero-order chi connectivity index (χ0) is 44.5. The number of likely N-dealkylation sites (tertiary alicyclic amines) is 2. The molecule has 22 nitrogen and oxygen atoms in total. The van der Waals surface area contributed by atoms with E-state index in [9.17, 15) is 54.0 Å². The van der Waals surface area contributed by atoms with Crippen LogP contribution in [0.1, 0.15) is 43.1 Å². The Bertz CT molecular complexity index is 2330. The number of aromatic nitrogens is 4. The van der Waals surface area contributed by atoms with E-state index in [0.29, 0.717) is 34.9 Å². The van der Waals surface area contributed by atoms with Gasteiger partial charge in [-0.25, -0.2) is 9.97 Å². The van der Waals surface area contributed by atoms with Gasteiger partial charge in [0.25, 0.3) is 11.8 Å². The summed E-state index contributed by atoms with van der Waals surface area (Å²) >= 11 is 0. The Labute approximate surface area is 353 Å². The minimum absolute atomic E-state index is 0.0407. The van der Waals surface area contributed by atoms with Gasteiger partial charge in [0.1, 0.15) is 41.9 Å². The zero-order valence-electron chi connectivity index (χ0n) is 33.5. The van der Waals surface area contributed by atoms with Crippen LogP contribution in [-0.2, 0) is 28.8 Å². The van der Waals surface area contributed by atoms with Crippen LogP contribution >= 0.6 is 0 Å². The molecule has 0 unspecified atom stereocenters. The van der Waals surface area contributed by atoms with Crippen molar-refractivity contribution in [3.63, 3.8) is 0 Å². The molecule has 2 aliphatic rings. The van der Waals surface area contributed by atoms with Gasteiger partial charge in [-0.15, -0.1) is 0 Å². The molecule has 2 aromatic carbocycles. The van der Waals surface area contributed by atoms with E-state index in [2.05, 4.69) is 46.5 Å². The van der Waals surface area contributed by atoms with Crippen molar-refractivity contribution in [3.05, 3.63) is 66.6 Å². The van der Waals surface area contributed by atoms with Crippen LogP contribution in [0, 0.1) is 0 Å². The van der Waals surface area contributed by atoms with Gasteiger partial charge in [0.2, 0.25) is 29.5 Å². The van der Waals surface area contributed by atoms with E-state index in [1.165, 1.54) is 19.3 Å². The molecule has 0 aliphatic carbocycles. The van der Waals surface area contributed by atoms with Crippen LogP contribution in [0.4, 0.5) is 5.82 Å². The third-order valence-electron chi connectivity index (χ3n) is 10.5. The Kier molecular flexibility index (Phi) is 14.6. The number of nitrogens with one attached hydrogen (secondary N) is 5. The molecule has 2 aromatic heterocycles. The van der Waals surface area contributed by atoms with E-state index in [1.54, 1.807) is 48.5 Å². The molecule has 7 atom stereocenters. The van der Waals surface area contributed by atoms with Crippen molar-refractivity contribution < 1.29 is 54.0 Å². The molecule has 9 N–H and O–H groups in total. The van der Waals surface area contributed by atoms with Crippen LogP contribution < -0.4 is 26.6 Å². The predicted octanol–water partition coefficient (Wildman–Crippen LogP) is -2.90. The highest BCUT2D eigenvalue weighted by Crippen LogP contribution is 2.21. The molecular weight excluding hydrogens is 811 g/mol. The highest BCUT2D eigenvalue weighted by atomic mass is 16.3. The first kappa shape index (κ1) is 44.8. The van der Waals surface area contributed by atoms with Crippen molar-refractivity contribution in [2.45, 2.75) is 75.0 Å². The molecule has 2 saturated heterocycles. The summed E-state index contributed by atoms with van der Waals surface area (Å²) in [6, 6.07) is 5.21. The third kappa shape index (κ3) is 10.2. The summed E-state index contributed by atoms with van der Waals surface area (Å²) < 4.78 is 0. The number of nitrogens with zero attached hydrogens (tertiary/aromatic N) is 6. The normalized spacial score (nSPS) is 18.6. The van der Waals surface area contributed by atoms with Crippen LogP contribution in [-0.4, -0.2) is 167 Å². The van der Waals surface area contributed by atoms with Crippen molar-refractivity contribution in [1.82, 2.24) is 51.0 Å². The van der Waals surface area contributed by atoms with Crippen LogP contribution in [0.15, 0.2) is 60.9 Å². The minimum atomic E-state index is -1.68. The van der Waals surface area contributed by atoms with Crippen molar-refractivity contribution in [2.24, 2.45) is 0 Å². The molecule has 62 heavy (non-hydrogen) atoms. The molecule has 0 spiro atoms. The lowest BCUT2D eigenvalue weighted by atomic mass is 10.1. The Morgan fingerprint density at radius 2 is 1.15 bits per heavy atom. The van der Waals surface area contributed by atoms with E-state index < -0.39 is 104 Å². The standard InChI is InChI=1S/C40H47N11O11/c1-21(55)33(49-37(59)31-13-7-15-51(31)39(61)28(19-53)46-34(56)26-16-41-22-8-2-4-10-24(22)43-26)38(60)47-29(20-54)40(62)50-14-6-12-30(50)36(58)45-27(18-52)35(57)48-32-17-42-23-9-3-5-11-25(23)44-32/h2-5,8-11,16-17,21,27-31,33,52-55H,6-7,12-15,18-20H2,1H3,(H,45,58)(H,46,56)(H,47,60)(H,49,59)(H,44,48,57)/t21-,27+,28+,29+,30+,31+,33+/m1/s1. The molecule has 328 valence electrons. The molecular formula is C40H47N11O11. The number of para-hydroxylation sites is 4. The SMILES string of the molecule is C[C@@H](O)[C@H](NC(=O)[C@@H]1CCCN1C(=O)[C@H](CO)NC(=O)c1cnc2ccccc2n1)C(=O)N[C@@H](CO)C(=O)N1CCC[C@H]1C(=O)N[C@@H](CO)C(=O)Nc1cnc2ccccc2n1. The van der Waals surface area contributed by atoms with E-state index in [-0.39, 0.29) is 37.4 Å². The fraction of sp³-hybridized carbons (Fsp3) is 0.425. The van der Waals surface area contributed by atoms with Crippen molar-refractivity contribution in [3.8, 4) is 0 Å². The number of hydrogen-bond donors (Lipinski definition) is 9. The summed E-state index contributed by atoms with van der Waals surface area (Å²) in [7, 11) is 0. The second kappa shape index (κ2) is 20.2. The van der Waals surface area contributed by atoms with E-state index in [4.69, 9.17) is 0 Å². The maximum absolute atomic E-state index is 13.7. The van der Waals surface area contributed by atoms with Crippen LogP contribution in [0.25, 0.3) is 22.1 Å². The molecule has 4 heterocycles. The Morgan fingerprint density at radius 3 is 1.69 bits per heavy atom. The lowest BCUT2D eigenvalue weighted by Gasteiger charge is -2.31. The third-order valence-corrected chi connectivity index (χ3v) is 10.5. The molecule has 2 aliphatic heterocycles. The summed E-state index contributed by atoms with van der Waals surface area (Å²) in [5.74, 6) is -5.87. The highest BCUT2D eigenvalue weighted by molar-refractivity contribution is 6.01. The van der Waals surface area contributed by atoms with E-state index >= 15 is 0 Å². The largest absolute Gasteiger partial charge is 0.394 e. The van der Waals surface area contributed by atoms with Gasteiger partial charge >= 0.3 is 0 Å². The first-order chi connectivity index (χ1) is 29.8. The summed E-state index contributed by atoms with van der Waals surface area (Å²) in [6.45, 7) is -1.24. The predicted molar refractivity (Wildman–Crippen MR) is 217 cm³/mol. The summed E-state index contributed by atoms with van der Waals surface area (Å²) in [4.78, 5) is 113. The van der Waals surface area contributed by atoms with Gasteiger partial charge < -0.3 is 56.8 Å². The van der Waals surface area contributed by atoms with Gasteiger partial charge in [-0.3, -0.25) is 43.5 Å². The summed E-state index contributed by atoms with van der Waals surface area (Å²) in [5, 5.41) is 52.9. The highest BCUT2D eigenvalue weighted by Gasteiger charge is 2.42. The topological polar surface area (TPSA) is 319 Å². The lowest BCUT2D eigenvalue weighted by Crippen LogP contribution is -2.62. The van der Waals surface area contributed by atoms with Gasteiger partial charge in [-0.05, 0) is 56.9 Å². The molecule has 0 bridgehead atoms. The Morgan fingerprint density at radius 1 is 0.645 bits per heavy atom. The van der Waals surface area contributed by atoms with Crippen LogP contribution in [0.2, 0.25) is 0 Å². The number of benzene rings is 2. The molecule has 22 heteroatoms. The number of anilines is 1. The number of aliphatic hydroxyl groups is 4. The van der Waals surface area contributed by atoms with Gasteiger partial charge in [0, 0.05) is 13.1 Å². The number of aliphatic hydroxyl groups excluding tert-OH is 4. The van der Waals surface area contributed by atoms with Gasteiger partial charge in [0.15, 0.2) is 5.82 Å². The molecule has 2 fully saturated rings. The number of carbonyl (C=O) groups excluding carboxylic acids is 7. The lowest BCUT2D eigenvalue weighted by molar-refractivity contribution is -0.144. The average Bonchev–Trinajstić information content (AvgIpc) is 3.99. The van der Waals surface area contributed by atoms with Gasteiger partial charge in [0.05, 0.1) is 60.4 Å². The monoisotopic (exact) mass is 857 g/mol. The van der Waals surface area contributed by atoms with Crippen molar-refractivity contribution >= 4 is 69.2 Å². The molecule has 0 saturated carbocycles. The fourth-order valence-corrected chi connectivity index (χ4v) is 7.29. The number of amides is 7. The maximum atomic E-state index is 13.7. The number of fused-ring (bicyclic) bond motifs is 2. The zero-order valence-corrected chi connectivity index (χ0v) is 33.5. The number of rotatable bonds is 16. The first-order valence-electron chi connectivity index (χ1n) is 19.9. The summed E-state index contributed by atoms with van der Waals surface area (Å²) in [5.41, 5.74) is 1.95.